The molecule has 0 saturated carbocycles. The van der Waals surface area contributed by atoms with E-state index in [1.54, 1.807) is 0 Å². The Morgan fingerprint density at radius 3 is 2.30 bits per heavy atom. The summed E-state index contributed by atoms with van der Waals surface area (Å²) in [5.41, 5.74) is 6.58. The predicted octanol–water partition coefficient (Wildman–Crippen LogP) is 8.42. The second-order valence-electron chi connectivity index (χ2n) is 11.9. The highest BCUT2D eigenvalue weighted by atomic mass is 16.1. The number of rotatable bonds is 10. The Kier molecular flexibility index (Phi) is 9.45. The van der Waals surface area contributed by atoms with E-state index in [4.69, 9.17) is 0 Å². The Hall–Kier alpha value is -2.81. The Morgan fingerprint density at radius 1 is 1.05 bits per heavy atom. The second kappa shape index (κ2) is 12.2. The van der Waals surface area contributed by atoms with Gasteiger partial charge in [0.05, 0.1) is 6.42 Å². The van der Waals surface area contributed by atoms with E-state index in [9.17, 15) is 14.4 Å². The smallest absolute Gasteiger partial charge is 0.164 e. The summed E-state index contributed by atoms with van der Waals surface area (Å²) in [6, 6.07) is 14.9. The van der Waals surface area contributed by atoms with Crippen molar-refractivity contribution in [3.63, 3.8) is 0 Å². The minimum Gasteiger partial charge on any atom is -0.300 e. The summed E-state index contributed by atoms with van der Waals surface area (Å²) in [5.74, 6) is 0.213. The number of hydrogen-bond acceptors (Lipinski definition) is 3. The normalized spacial score (nSPS) is 18.4. The molecule has 0 aromatic heterocycles. The van der Waals surface area contributed by atoms with Crippen LogP contribution in [0.4, 0.5) is 0 Å². The van der Waals surface area contributed by atoms with Crippen LogP contribution in [0.3, 0.4) is 0 Å². The van der Waals surface area contributed by atoms with Crippen LogP contribution in [0.1, 0.15) is 113 Å². The fourth-order valence-electron chi connectivity index (χ4n) is 6.02. The summed E-state index contributed by atoms with van der Waals surface area (Å²) in [5, 5.41) is 0. The zero-order chi connectivity index (χ0) is 27.3. The minimum atomic E-state index is -0.148. The zero-order valence-corrected chi connectivity index (χ0v) is 23.8. The van der Waals surface area contributed by atoms with Gasteiger partial charge in [0.15, 0.2) is 5.78 Å². The Bertz CT molecular complexity index is 1160. The average molecular weight is 501 g/mol. The van der Waals surface area contributed by atoms with Crippen molar-refractivity contribution in [1.29, 1.82) is 0 Å². The molecule has 198 valence electrons. The summed E-state index contributed by atoms with van der Waals surface area (Å²) in [6.45, 7) is 14.3. The molecule has 0 N–H and O–H groups in total. The van der Waals surface area contributed by atoms with Crippen molar-refractivity contribution in [2.75, 3.05) is 0 Å². The van der Waals surface area contributed by atoms with Crippen molar-refractivity contribution in [3.05, 3.63) is 70.3 Å². The van der Waals surface area contributed by atoms with Crippen LogP contribution in [0.2, 0.25) is 0 Å². The van der Waals surface area contributed by atoms with E-state index in [1.165, 1.54) is 18.1 Å². The van der Waals surface area contributed by atoms with Gasteiger partial charge in [0, 0.05) is 17.9 Å². The average Bonchev–Trinajstić information content (AvgIpc) is 2.81. The fraction of sp³-hybridized carbons (Fsp3) is 0.500. The number of ketones is 3. The number of aryl methyl sites for hydroxylation is 1. The molecule has 0 fully saturated rings. The molecule has 1 aliphatic carbocycles. The van der Waals surface area contributed by atoms with Gasteiger partial charge >= 0.3 is 0 Å². The van der Waals surface area contributed by atoms with Crippen LogP contribution in [-0.4, -0.2) is 17.3 Å². The topological polar surface area (TPSA) is 51.2 Å². The molecule has 0 aliphatic heterocycles. The van der Waals surface area contributed by atoms with E-state index < -0.39 is 0 Å². The summed E-state index contributed by atoms with van der Waals surface area (Å²) in [7, 11) is 0. The third-order valence-electron chi connectivity index (χ3n) is 7.93. The lowest BCUT2D eigenvalue weighted by Crippen LogP contribution is -2.29. The lowest BCUT2D eigenvalue weighted by Gasteiger charge is -2.33. The van der Waals surface area contributed by atoms with Crippen molar-refractivity contribution in [1.82, 2.24) is 0 Å². The molecule has 1 aliphatic rings. The number of Topliss-reactive ketones (excluding diaryl/α,β-unsaturated/α-hetero) is 3. The van der Waals surface area contributed by atoms with Gasteiger partial charge < -0.3 is 0 Å². The molecule has 2 aromatic carbocycles. The van der Waals surface area contributed by atoms with E-state index >= 15 is 0 Å². The number of allylic oxidation sites excluding steroid dienone is 1. The molecular formula is C34H44O3. The van der Waals surface area contributed by atoms with E-state index in [2.05, 4.69) is 64.1 Å². The molecule has 3 nitrogen and oxygen atoms in total. The van der Waals surface area contributed by atoms with Gasteiger partial charge in [-0.05, 0) is 78.2 Å². The number of carbonyl (C=O) groups is 3. The maximum Gasteiger partial charge on any atom is 0.164 e. The number of hydrogen-bond donors (Lipinski definition) is 0. The van der Waals surface area contributed by atoms with E-state index in [0.717, 1.165) is 47.9 Å². The minimum absolute atomic E-state index is 0.00711. The van der Waals surface area contributed by atoms with Crippen LogP contribution in [0.15, 0.2) is 42.5 Å². The fourth-order valence-corrected chi connectivity index (χ4v) is 6.02. The van der Waals surface area contributed by atoms with Crippen molar-refractivity contribution in [2.45, 2.75) is 92.4 Å². The summed E-state index contributed by atoms with van der Waals surface area (Å²) >= 11 is 0. The molecule has 0 radical (unpaired) electrons. The van der Waals surface area contributed by atoms with Gasteiger partial charge in [-0.3, -0.25) is 14.4 Å². The highest BCUT2D eigenvalue weighted by Crippen LogP contribution is 2.43. The molecular weight excluding hydrogens is 456 g/mol. The quantitative estimate of drug-likeness (QED) is 0.308. The SMILES string of the molecule is CCCC(CC1CC(=O)c2c(C)cccc2C1=Cc1ccc(C(C)(C)C)cc1)C(CC)C(=O)CC(C)=O. The van der Waals surface area contributed by atoms with Crippen LogP contribution in [0.25, 0.3) is 11.6 Å². The molecule has 2 aromatic rings. The molecule has 3 heteroatoms. The van der Waals surface area contributed by atoms with Gasteiger partial charge in [0.2, 0.25) is 0 Å². The first-order valence-electron chi connectivity index (χ1n) is 13.9. The van der Waals surface area contributed by atoms with E-state index in [-0.39, 0.29) is 46.9 Å². The molecule has 3 unspecified atom stereocenters. The maximum atomic E-state index is 13.4. The number of carbonyl (C=O) groups excluding carboxylic acids is 3. The van der Waals surface area contributed by atoms with Crippen LogP contribution in [0.5, 0.6) is 0 Å². The van der Waals surface area contributed by atoms with Crippen molar-refractivity contribution in [2.24, 2.45) is 17.8 Å². The van der Waals surface area contributed by atoms with Gasteiger partial charge in [-0.25, -0.2) is 0 Å². The van der Waals surface area contributed by atoms with Crippen LogP contribution in [-0.2, 0) is 15.0 Å². The molecule has 3 atom stereocenters. The summed E-state index contributed by atoms with van der Waals surface area (Å²) < 4.78 is 0. The maximum absolute atomic E-state index is 13.4. The molecule has 0 spiro atoms. The van der Waals surface area contributed by atoms with Gasteiger partial charge in [-0.2, -0.15) is 0 Å². The van der Waals surface area contributed by atoms with Crippen molar-refractivity contribution < 1.29 is 14.4 Å². The largest absolute Gasteiger partial charge is 0.300 e. The van der Waals surface area contributed by atoms with Gasteiger partial charge in [0.25, 0.3) is 0 Å². The van der Waals surface area contributed by atoms with Crippen LogP contribution >= 0.6 is 0 Å². The molecule has 0 saturated heterocycles. The van der Waals surface area contributed by atoms with Gasteiger partial charge in [-0.15, -0.1) is 0 Å². The monoisotopic (exact) mass is 500 g/mol. The molecule has 0 heterocycles. The molecule has 3 rings (SSSR count). The van der Waals surface area contributed by atoms with E-state index in [0.29, 0.717) is 6.42 Å². The highest BCUT2D eigenvalue weighted by Gasteiger charge is 2.35. The third kappa shape index (κ3) is 6.94. The number of fused-ring (bicyclic) bond motifs is 1. The second-order valence-corrected chi connectivity index (χ2v) is 11.9. The summed E-state index contributed by atoms with van der Waals surface area (Å²) in [4.78, 5) is 38.1. The van der Waals surface area contributed by atoms with Gasteiger partial charge in [0.1, 0.15) is 11.6 Å². The molecule has 0 bridgehead atoms. The lowest BCUT2D eigenvalue weighted by molar-refractivity contribution is -0.129. The Labute approximate surface area is 223 Å². The first kappa shape index (κ1) is 28.8. The standard InChI is InChI=1S/C34H44O3/c1-8-11-25(28(9-2)31(36)18-23(4)35)20-26-21-32(37)33-22(3)12-10-13-29(33)30(26)19-24-14-16-27(17-15-24)34(5,6)7/h10,12-17,19,25-26,28H,8-9,11,18,20-21H2,1-7H3. The van der Waals surface area contributed by atoms with Gasteiger partial charge in [-0.1, -0.05) is 89.6 Å². The molecule has 37 heavy (non-hydrogen) atoms. The highest BCUT2D eigenvalue weighted by molar-refractivity contribution is 6.07. The zero-order valence-electron chi connectivity index (χ0n) is 23.8. The lowest BCUT2D eigenvalue weighted by atomic mass is 9.69. The first-order valence-corrected chi connectivity index (χ1v) is 13.9. The first-order chi connectivity index (χ1) is 17.5. The Balaban J connectivity index is 2.06. The molecule has 0 amide bonds. The van der Waals surface area contributed by atoms with E-state index in [1.807, 2.05) is 26.0 Å². The van der Waals surface area contributed by atoms with Crippen LogP contribution < -0.4 is 0 Å². The predicted molar refractivity (Wildman–Crippen MR) is 154 cm³/mol. The van der Waals surface area contributed by atoms with Crippen molar-refractivity contribution in [3.8, 4) is 0 Å². The summed E-state index contributed by atoms with van der Waals surface area (Å²) in [6.07, 6.45) is 6.11. The van der Waals surface area contributed by atoms with Crippen molar-refractivity contribution >= 4 is 29.0 Å². The number of benzene rings is 2. The third-order valence-corrected chi connectivity index (χ3v) is 7.93. The Morgan fingerprint density at radius 2 is 1.73 bits per heavy atom. The van der Waals surface area contributed by atoms with Crippen LogP contribution in [0, 0.1) is 24.7 Å².